The van der Waals surface area contributed by atoms with E-state index in [-0.39, 0.29) is 18.4 Å². The highest BCUT2D eigenvalue weighted by atomic mass is 35.5. The molecule has 0 bridgehead atoms. The van der Waals surface area contributed by atoms with Gasteiger partial charge in [0.25, 0.3) is 11.8 Å². The van der Waals surface area contributed by atoms with Crippen molar-refractivity contribution in [3.05, 3.63) is 118 Å². The standard InChI is InChI=1S/C27H18Cl2N2O3S/c28-19-6-3-5-17(13-19)16-31-23-14-18(26(32)30-21-8-4-7-20(29)15-21)11-12-25(23)35(34)24-10-2-1-9-22(24)27(31)33/h1-15H,16H2,(H,30,32)/t35-/m1/s1. The summed E-state index contributed by atoms with van der Waals surface area (Å²) in [5.74, 6) is -0.683. The zero-order valence-electron chi connectivity index (χ0n) is 18.2. The molecule has 0 saturated carbocycles. The minimum atomic E-state index is -1.61. The Morgan fingerprint density at radius 1 is 0.829 bits per heavy atom. The fourth-order valence-electron chi connectivity index (χ4n) is 3.95. The van der Waals surface area contributed by atoms with Gasteiger partial charge in [0.1, 0.15) is 0 Å². The highest BCUT2D eigenvalue weighted by molar-refractivity contribution is 7.85. The normalized spacial score (nSPS) is 14.6. The average molecular weight is 521 g/mol. The molecule has 35 heavy (non-hydrogen) atoms. The second-order valence-electron chi connectivity index (χ2n) is 7.93. The van der Waals surface area contributed by atoms with Crippen molar-refractivity contribution < 1.29 is 13.8 Å². The van der Waals surface area contributed by atoms with Gasteiger partial charge < -0.3 is 10.2 Å². The third kappa shape index (κ3) is 4.73. The molecule has 1 atom stereocenters. The van der Waals surface area contributed by atoms with Gasteiger partial charge in [-0.25, -0.2) is 4.21 Å². The lowest BCUT2D eigenvalue weighted by Gasteiger charge is -2.24. The highest BCUT2D eigenvalue weighted by Crippen LogP contribution is 2.36. The number of rotatable bonds is 4. The predicted octanol–water partition coefficient (Wildman–Crippen LogP) is 6.57. The van der Waals surface area contributed by atoms with Gasteiger partial charge in [-0.1, -0.05) is 53.5 Å². The molecule has 1 aliphatic heterocycles. The van der Waals surface area contributed by atoms with Gasteiger partial charge in [0.2, 0.25) is 0 Å². The summed E-state index contributed by atoms with van der Waals surface area (Å²) < 4.78 is 13.5. The Kier molecular flexibility index (Phi) is 6.43. The van der Waals surface area contributed by atoms with Crippen molar-refractivity contribution in [3.8, 4) is 0 Å². The number of nitrogens with zero attached hydrogens (tertiary/aromatic N) is 1. The van der Waals surface area contributed by atoms with Crippen molar-refractivity contribution in [2.75, 3.05) is 10.2 Å². The molecule has 1 aliphatic rings. The number of benzene rings is 4. The Morgan fingerprint density at radius 2 is 1.57 bits per heavy atom. The zero-order valence-corrected chi connectivity index (χ0v) is 20.5. The van der Waals surface area contributed by atoms with E-state index in [4.69, 9.17) is 23.2 Å². The molecule has 8 heteroatoms. The van der Waals surface area contributed by atoms with Crippen LogP contribution < -0.4 is 10.2 Å². The van der Waals surface area contributed by atoms with Crippen LogP contribution in [0.1, 0.15) is 26.3 Å². The molecular weight excluding hydrogens is 503 g/mol. The molecule has 5 rings (SSSR count). The summed E-state index contributed by atoms with van der Waals surface area (Å²) in [5, 5.41) is 3.85. The van der Waals surface area contributed by atoms with Gasteiger partial charge in [-0.05, 0) is 66.2 Å². The molecule has 5 nitrogen and oxygen atoms in total. The number of amides is 2. The summed E-state index contributed by atoms with van der Waals surface area (Å²) in [6.45, 7) is 0.192. The largest absolute Gasteiger partial charge is 0.322 e. The van der Waals surface area contributed by atoms with E-state index < -0.39 is 10.8 Å². The number of halogens is 2. The maximum atomic E-state index is 13.7. The fourth-order valence-corrected chi connectivity index (χ4v) is 5.70. The molecular formula is C27H18Cl2N2O3S. The van der Waals surface area contributed by atoms with Gasteiger partial charge in [0.15, 0.2) is 0 Å². The van der Waals surface area contributed by atoms with Crippen LogP contribution in [-0.4, -0.2) is 16.0 Å². The summed E-state index contributed by atoms with van der Waals surface area (Å²) in [6.07, 6.45) is 0. The lowest BCUT2D eigenvalue weighted by molar-refractivity contribution is 0.0979. The Labute approximate surface area is 214 Å². The predicted molar refractivity (Wildman–Crippen MR) is 139 cm³/mol. The van der Waals surface area contributed by atoms with Crippen LogP contribution in [0.4, 0.5) is 11.4 Å². The SMILES string of the molecule is O=C(Nc1cccc(Cl)c1)c1ccc2c(c1)N(Cc1cccc(Cl)c1)C(=O)c1ccccc1[S@]2=O. The summed E-state index contributed by atoms with van der Waals surface area (Å²) in [6, 6.07) is 25.7. The Balaban J connectivity index is 1.60. The molecule has 4 aromatic rings. The first kappa shape index (κ1) is 23.3. The van der Waals surface area contributed by atoms with Crippen LogP contribution in [0.5, 0.6) is 0 Å². The van der Waals surface area contributed by atoms with Crippen LogP contribution in [0.25, 0.3) is 0 Å². The zero-order chi connectivity index (χ0) is 24.5. The lowest BCUT2D eigenvalue weighted by atomic mass is 10.1. The third-order valence-corrected chi connectivity index (χ3v) is 7.56. The second kappa shape index (κ2) is 9.66. The topological polar surface area (TPSA) is 66.5 Å². The maximum absolute atomic E-state index is 13.7. The number of carbonyl (C=O) groups excluding carboxylic acids is 2. The maximum Gasteiger partial charge on any atom is 0.259 e. The summed E-state index contributed by atoms with van der Waals surface area (Å²) in [5.41, 5.74) is 2.42. The van der Waals surface area contributed by atoms with E-state index in [1.165, 1.54) is 0 Å². The molecule has 0 saturated heterocycles. The average Bonchev–Trinajstić information content (AvgIpc) is 2.93. The molecule has 2 amide bonds. The van der Waals surface area contributed by atoms with Gasteiger partial charge in [-0.2, -0.15) is 0 Å². The van der Waals surface area contributed by atoms with Crippen molar-refractivity contribution in [1.82, 2.24) is 0 Å². The quantitative estimate of drug-likeness (QED) is 0.330. The number of fused-ring (bicyclic) bond motifs is 2. The minimum Gasteiger partial charge on any atom is -0.322 e. The first-order chi connectivity index (χ1) is 16.9. The molecule has 0 radical (unpaired) electrons. The lowest BCUT2D eigenvalue weighted by Crippen LogP contribution is -2.30. The van der Waals surface area contributed by atoms with E-state index in [1.54, 1.807) is 83.8 Å². The molecule has 0 aromatic heterocycles. The van der Waals surface area contributed by atoms with Crippen LogP contribution in [0, 0.1) is 0 Å². The first-order valence-corrected chi connectivity index (χ1v) is 12.6. The van der Waals surface area contributed by atoms with E-state index in [0.29, 0.717) is 42.3 Å². The van der Waals surface area contributed by atoms with Crippen molar-refractivity contribution in [2.45, 2.75) is 16.3 Å². The molecule has 174 valence electrons. The number of hydrogen-bond donors (Lipinski definition) is 1. The molecule has 0 aliphatic carbocycles. The van der Waals surface area contributed by atoms with Crippen LogP contribution in [0.2, 0.25) is 10.0 Å². The van der Waals surface area contributed by atoms with Gasteiger partial charge in [-0.3, -0.25) is 9.59 Å². The Hall–Kier alpha value is -3.45. The molecule has 0 spiro atoms. The fraction of sp³-hybridized carbons (Fsp3) is 0.0370. The number of nitrogens with one attached hydrogen (secondary N) is 1. The smallest absolute Gasteiger partial charge is 0.259 e. The summed E-state index contributed by atoms with van der Waals surface area (Å²) >= 11 is 12.2. The monoisotopic (exact) mass is 520 g/mol. The minimum absolute atomic E-state index is 0.192. The highest BCUT2D eigenvalue weighted by Gasteiger charge is 2.31. The van der Waals surface area contributed by atoms with Crippen LogP contribution in [0.3, 0.4) is 0 Å². The van der Waals surface area contributed by atoms with Gasteiger partial charge in [-0.15, -0.1) is 0 Å². The van der Waals surface area contributed by atoms with E-state index in [1.807, 2.05) is 12.1 Å². The van der Waals surface area contributed by atoms with Crippen molar-refractivity contribution in [2.24, 2.45) is 0 Å². The van der Waals surface area contributed by atoms with Gasteiger partial charge in [0.05, 0.1) is 38.4 Å². The van der Waals surface area contributed by atoms with Crippen LogP contribution in [-0.2, 0) is 17.3 Å². The van der Waals surface area contributed by atoms with Crippen LogP contribution in [0.15, 0.2) is 101 Å². The van der Waals surface area contributed by atoms with E-state index in [9.17, 15) is 13.8 Å². The van der Waals surface area contributed by atoms with Crippen molar-refractivity contribution in [3.63, 3.8) is 0 Å². The van der Waals surface area contributed by atoms with E-state index in [2.05, 4.69) is 5.32 Å². The van der Waals surface area contributed by atoms with Crippen LogP contribution >= 0.6 is 23.2 Å². The van der Waals surface area contributed by atoms with E-state index in [0.717, 1.165) is 5.56 Å². The van der Waals surface area contributed by atoms with Gasteiger partial charge >= 0.3 is 0 Å². The molecule has 0 fully saturated rings. The van der Waals surface area contributed by atoms with E-state index >= 15 is 0 Å². The molecule has 0 unspecified atom stereocenters. The van der Waals surface area contributed by atoms with Crippen molar-refractivity contribution in [1.29, 1.82) is 0 Å². The molecule has 1 N–H and O–H groups in total. The number of hydrogen-bond acceptors (Lipinski definition) is 3. The number of anilines is 2. The summed E-state index contributed by atoms with van der Waals surface area (Å²) in [7, 11) is -1.61. The molecule has 4 aromatic carbocycles. The number of carbonyl (C=O) groups is 2. The Morgan fingerprint density at radius 3 is 2.34 bits per heavy atom. The van der Waals surface area contributed by atoms with Gasteiger partial charge in [0, 0.05) is 21.3 Å². The third-order valence-electron chi connectivity index (χ3n) is 5.59. The second-order valence-corrected chi connectivity index (χ2v) is 10.2. The molecule has 1 heterocycles. The summed E-state index contributed by atoms with van der Waals surface area (Å²) in [4.78, 5) is 29.1. The Bertz CT molecular complexity index is 1510. The first-order valence-electron chi connectivity index (χ1n) is 10.7. The van der Waals surface area contributed by atoms with Crippen molar-refractivity contribution >= 4 is 57.2 Å².